The van der Waals surface area contributed by atoms with E-state index in [9.17, 15) is 8.42 Å². The summed E-state index contributed by atoms with van der Waals surface area (Å²) in [6.07, 6.45) is 2.68. The summed E-state index contributed by atoms with van der Waals surface area (Å²) in [4.78, 5) is 2.36. The van der Waals surface area contributed by atoms with Crippen molar-refractivity contribution in [1.82, 2.24) is 4.72 Å². The summed E-state index contributed by atoms with van der Waals surface area (Å²) in [7, 11) is -3.09. The van der Waals surface area contributed by atoms with Crippen LogP contribution >= 0.6 is 0 Å². The maximum atomic E-state index is 11.9. The van der Waals surface area contributed by atoms with E-state index in [0.717, 1.165) is 32.4 Å². The minimum atomic E-state index is -3.09. The van der Waals surface area contributed by atoms with E-state index in [1.54, 1.807) is 0 Å². The number of sulfonamides is 1. The fraction of sp³-hybridized carbons (Fsp3) is 0.647. The molecule has 0 radical (unpaired) electrons. The molecule has 0 saturated carbocycles. The van der Waals surface area contributed by atoms with Crippen molar-refractivity contribution in [1.29, 1.82) is 0 Å². The first-order chi connectivity index (χ1) is 10.4. The molecule has 0 amide bonds. The molecule has 0 aromatic heterocycles. The van der Waals surface area contributed by atoms with Crippen molar-refractivity contribution < 1.29 is 8.42 Å². The maximum absolute atomic E-state index is 11.9. The molecule has 5 heteroatoms. The number of unbranched alkanes of at least 4 members (excludes halogenated alkanes) is 1. The van der Waals surface area contributed by atoms with E-state index in [1.165, 1.54) is 16.8 Å². The Morgan fingerprint density at radius 3 is 2.73 bits per heavy atom. The van der Waals surface area contributed by atoms with Gasteiger partial charge in [-0.05, 0) is 55.9 Å². The second-order valence-corrected chi connectivity index (χ2v) is 8.32. The fourth-order valence-electron chi connectivity index (χ4n) is 2.81. The predicted octanol–water partition coefficient (Wildman–Crippen LogP) is 2.85. The lowest BCUT2D eigenvalue weighted by Crippen LogP contribution is -2.32. The average molecular weight is 324 g/mol. The predicted molar refractivity (Wildman–Crippen MR) is 92.9 cm³/mol. The monoisotopic (exact) mass is 324 g/mol. The molecule has 1 atom stereocenters. The van der Waals surface area contributed by atoms with Crippen LogP contribution in [0.3, 0.4) is 0 Å². The van der Waals surface area contributed by atoms with Gasteiger partial charge in [-0.15, -0.1) is 0 Å². The smallest absolute Gasteiger partial charge is 0.211 e. The topological polar surface area (TPSA) is 49.4 Å². The molecule has 0 spiro atoms. The maximum Gasteiger partial charge on any atom is 0.211 e. The normalized spacial score (nSPS) is 18.9. The molecular formula is C17H28N2O2S. The van der Waals surface area contributed by atoms with Gasteiger partial charge in [0, 0.05) is 25.3 Å². The Bertz CT molecular complexity index is 599. The van der Waals surface area contributed by atoms with Crippen LogP contribution in [0.5, 0.6) is 0 Å². The van der Waals surface area contributed by atoms with Gasteiger partial charge in [0.1, 0.15) is 0 Å². The standard InChI is InChI=1S/C17H28N2O2S/c1-4-5-10-22(20,21)18-12-16-8-9-19(13-16)17-7-6-14(2)15(3)11-17/h6-7,11,16,18H,4-5,8-10,12-13H2,1-3H3. The van der Waals surface area contributed by atoms with Crippen LogP contribution in [0.4, 0.5) is 5.69 Å². The molecule has 1 heterocycles. The Hall–Kier alpha value is -1.07. The Labute approximate surface area is 135 Å². The van der Waals surface area contributed by atoms with Crippen LogP contribution in [0.1, 0.15) is 37.3 Å². The number of benzene rings is 1. The van der Waals surface area contributed by atoms with Gasteiger partial charge in [-0.3, -0.25) is 0 Å². The minimum absolute atomic E-state index is 0.247. The van der Waals surface area contributed by atoms with E-state index >= 15 is 0 Å². The van der Waals surface area contributed by atoms with Crippen molar-refractivity contribution in [2.45, 2.75) is 40.0 Å². The summed E-state index contributed by atoms with van der Waals surface area (Å²) in [6, 6.07) is 6.55. The molecule has 124 valence electrons. The van der Waals surface area contributed by atoms with Gasteiger partial charge < -0.3 is 4.90 Å². The van der Waals surface area contributed by atoms with Gasteiger partial charge in [0.15, 0.2) is 0 Å². The molecule has 22 heavy (non-hydrogen) atoms. The molecule has 0 aliphatic carbocycles. The molecule has 0 bridgehead atoms. The highest BCUT2D eigenvalue weighted by Crippen LogP contribution is 2.25. The lowest BCUT2D eigenvalue weighted by molar-refractivity contribution is 0.540. The minimum Gasteiger partial charge on any atom is -0.371 e. The van der Waals surface area contributed by atoms with E-state index in [1.807, 2.05) is 6.92 Å². The number of aryl methyl sites for hydroxylation is 2. The van der Waals surface area contributed by atoms with Gasteiger partial charge in [-0.25, -0.2) is 13.1 Å². The number of nitrogens with zero attached hydrogens (tertiary/aromatic N) is 1. The molecule has 1 unspecified atom stereocenters. The van der Waals surface area contributed by atoms with E-state index in [0.29, 0.717) is 12.5 Å². The van der Waals surface area contributed by atoms with Crippen molar-refractivity contribution in [3.63, 3.8) is 0 Å². The van der Waals surface area contributed by atoms with Crippen molar-refractivity contribution >= 4 is 15.7 Å². The Morgan fingerprint density at radius 2 is 2.05 bits per heavy atom. The molecular weight excluding hydrogens is 296 g/mol. The average Bonchev–Trinajstić information content (AvgIpc) is 2.95. The molecule has 4 nitrogen and oxygen atoms in total. The first-order valence-corrected chi connectivity index (χ1v) is 9.86. The largest absolute Gasteiger partial charge is 0.371 e. The highest BCUT2D eigenvalue weighted by Gasteiger charge is 2.24. The van der Waals surface area contributed by atoms with Crippen molar-refractivity contribution in [3.05, 3.63) is 29.3 Å². The van der Waals surface area contributed by atoms with Gasteiger partial charge >= 0.3 is 0 Å². The van der Waals surface area contributed by atoms with E-state index in [2.05, 4.69) is 41.7 Å². The Balaban J connectivity index is 1.86. The highest BCUT2D eigenvalue weighted by molar-refractivity contribution is 7.89. The van der Waals surface area contributed by atoms with Crippen molar-refractivity contribution in [2.75, 3.05) is 30.3 Å². The van der Waals surface area contributed by atoms with Crippen LogP contribution in [0, 0.1) is 19.8 Å². The third-order valence-corrected chi connectivity index (χ3v) is 5.93. The van der Waals surface area contributed by atoms with Crippen LogP contribution < -0.4 is 9.62 Å². The SMILES string of the molecule is CCCCS(=O)(=O)NCC1CCN(c2ccc(C)c(C)c2)C1. The van der Waals surface area contributed by atoms with E-state index < -0.39 is 10.0 Å². The molecule has 1 fully saturated rings. The Kier molecular flexibility index (Phi) is 5.87. The zero-order valence-electron chi connectivity index (χ0n) is 13.9. The first-order valence-electron chi connectivity index (χ1n) is 8.21. The zero-order chi connectivity index (χ0) is 16.2. The number of hydrogen-bond acceptors (Lipinski definition) is 3. The number of rotatable bonds is 7. The summed E-state index contributed by atoms with van der Waals surface area (Å²) in [5.74, 6) is 0.648. The fourth-order valence-corrected chi connectivity index (χ4v) is 4.11. The van der Waals surface area contributed by atoms with Gasteiger partial charge in [-0.1, -0.05) is 19.4 Å². The first kappa shape index (κ1) is 17.3. The molecule has 1 aromatic carbocycles. The highest BCUT2D eigenvalue weighted by atomic mass is 32.2. The third kappa shape index (κ3) is 4.71. The van der Waals surface area contributed by atoms with Gasteiger partial charge in [0.05, 0.1) is 5.75 Å². The van der Waals surface area contributed by atoms with Gasteiger partial charge in [-0.2, -0.15) is 0 Å². The lowest BCUT2D eigenvalue weighted by Gasteiger charge is -2.20. The summed E-state index contributed by atoms with van der Waals surface area (Å²) >= 11 is 0. The summed E-state index contributed by atoms with van der Waals surface area (Å²) < 4.78 is 26.5. The molecule has 1 aliphatic rings. The number of anilines is 1. The second kappa shape index (κ2) is 7.47. The van der Waals surface area contributed by atoms with Crippen LogP contribution in [0.15, 0.2) is 18.2 Å². The van der Waals surface area contributed by atoms with Gasteiger partial charge in [0.2, 0.25) is 10.0 Å². The molecule has 1 aliphatic heterocycles. The van der Waals surface area contributed by atoms with Crippen LogP contribution in [0.2, 0.25) is 0 Å². The third-order valence-electron chi connectivity index (χ3n) is 4.50. The van der Waals surface area contributed by atoms with Crippen LogP contribution in [-0.4, -0.2) is 33.8 Å². The lowest BCUT2D eigenvalue weighted by atomic mass is 10.1. The number of nitrogens with one attached hydrogen (secondary N) is 1. The summed E-state index contributed by atoms with van der Waals surface area (Å²) in [6.45, 7) is 8.76. The molecule has 1 saturated heterocycles. The van der Waals surface area contributed by atoms with E-state index in [4.69, 9.17) is 0 Å². The van der Waals surface area contributed by atoms with Crippen molar-refractivity contribution in [2.24, 2.45) is 5.92 Å². The summed E-state index contributed by atoms with van der Waals surface area (Å²) in [5.41, 5.74) is 3.86. The van der Waals surface area contributed by atoms with Crippen LogP contribution in [-0.2, 0) is 10.0 Å². The quantitative estimate of drug-likeness (QED) is 0.839. The molecule has 1 aromatic rings. The van der Waals surface area contributed by atoms with Gasteiger partial charge in [0.25, 0.3) is 0 Å². The summed E-state index contributed by atoms with van der Waals surface area (Å²) in [5, 5.41) is 0. The molecule has 2 rings (SSSR count). The number of hydrogen-bond donors (Lipinski definition) is 1. The van der Waals surface area contributed by atoms with Crippen LogP contribution in [0.25, 0.3) is 0 Å². The Morgan fingerprint density at radius 1 is 1.27 bits per heavy atom. The van der Waals surface area contributed by atoms with E-state index in [-0.39, 0.29) is 5.75 Å². The molecule has 1 N–H and O–H groups in total. The zero-order valence-corrected chi connectivity index (χ0v) is 14.7. The van der Waals surface area contributed by atoms with Crippen molar-refractivity contribution in [3.8, 4) is 0 Å². The second-order valence-electron chi connectivity index (χ2n) is 6.39.